The van der Waals surface area contributed by atoms with E-state index in [0.29, 0.717) is 17.1 Å². The maximum absolute atomic E-state index is 13.5. The van der Waals surface area contributed by atoms with E-state index in [-0.39, 0.29) is 34.7 Å². The minimum atomic E-state index is -1.03. The lowest BCUT2D eigenvalue weighted by molar-refractivity contribution is -0.132. The van der Waals surface area contributed by atoms with Crippen LogP contribution in [0.15, 0.2) is 72.3 Å². The summed E-state index contributed by atoms with van der Waals surface area (Å²) in [6.45, 7) is 1.87. The van der Waals surface area contributed by atoms with Crippen molar-refractivity contribution in [1.29, 1.82) is 0 Å². The molecule has 3 aromatic carbocycles. The molecule has 38 heavy (non-hydrogen) atoms. The molecule has 9 heteroatoms. The summed E-state index contributed by atoms with van der Waals surface area (Å²) in [7, 11) is 4.42. The number of aliphatic hydroxyl groups is 1. The Morgan fingerprint density at radius 3 is 2.29 bits per heavy atom. The highest BCUT2D eigenvalue weighted by molar-refractivity contribution is 6.51. The van der Waals surface area contributed by atoms with Crippen molar-refractivity contribution in [2.24, 2.45) is 0 Å². The monoisotopic (exact) mass is 517 g/mol. The molecule has 0 aliphatic carbocycles. The fourth-order valence-electron chi connectivity index (χ4n) is 4.36. The van der Waals surface area contributed by atoms with Gasteiger partial charge in [0, 0.05) is 11.8 Å². The van der Waals surface area contributed by atoms with E-state index in [1.807, 2.05) is 0 Å². The zero-order valence-corrected chi connectivity index (χ0v) is 21.4. The van der Waals surface area contributed by atoms with Crippen molar-refractivity contribution < 1.29 is 38.4 Å². The van der Waals surface area contributed by atoms with Gasteiger partial charge in [0.1, 0.15) is 23.0 Å². The van der Waals surface area contributed by atoms with Crippen LogP contribution in [0.25, 0.3) is 5.76 Å². The van der Waals surface area contributed by atoms with Crippen molar-refractivity contribution in [3.05, 3.63) is 89.0 Å². The molecule has 1 heterocycles. The molecule has 3 aromatic rings. The Balaban J connectivity index is 1.95. The Morgan fingerprint density at radius 1 is 0.895 bits per heavy atom. The number of Topliss-reactive ketones (excluding diaryl/α,β-unsaturated/α-hetero) is 1. The molecule has 0 radical (unpaired) electrons. The number of amides is 1. The highest BCUT2D eigenvalue weighted by atomic mass is 16.5. The maximum Gasteiger partial charge on any atom is 0.338 e. The van der Waals surface area contributed by atoms with Crippen LogP contribution in [0.5, 0.6) is 17.2 Å². The molecule has 0 saturated carbocycles. The van der Waals surface area contributed by atoms with Crippen LogP contribution >= 0.6 is 0 Å². The Labute approximate surface area is 219 Å². The molecule has 0 bridgehead atoms. The third kappa shape index (κ3) is 4.78. The maximum atomic E-state index is 13.5. The lowest BCUT2D eigenvalue weighted by atomic mass is 9.94. The number of benzene rings is 3. The van der Waals surface area contributed by atoms with Gasteiger partial charge < -0.3 is 24.1 Å². The summed E-state index contributed by atoms with van der Waals surface area (Å²) in [5, 5.41) is 11.5. The number of ketones is 1. The Bertz CT molecular complexity index is 1430. The number of anilines is 1. The van der Waals surface area contributed by atoms with E-state index >= 15 is 0 Å². The molecule has 4 rings (SSSR count). The number of methoxy groups -OCH3 is 3. The summed E-state index contributed by atoms with van der Waals surface area (Å²) in [6, 6.07) is 16.8. The topological polar surface area (TPSA) is 112 Å². The van der Waals surface area contributed by atoms with Gasteiger partial charge in [0.15, 0.2) is 0 Å². The summed E-state index contributed by atoms with van der Waals surface area (Å²) in [4.78, 5) is 40.6. The third-order valence-electron chi connectivity index (χ3n) is 6.15. The zero-order chi connectivity index (χ0) is 27.4. The number of hydrogen-bond donors (Lipinski definition) is 1. The van der Waals surface area contributed by atoms with Gasteiger partial charge in [0.05, 0.1) is 50.7 Å². The number of carbonyl (C=O) groups excluding carboxylic acids is 3. The number of esters is 1. The van der Waals surface area contributed by atoms with Gasteiger partial charge >= 0.3 is 5.97 Å². The van der Waals surface area contributed by atoms with E-state index in [1.165, 1.54) is 32.3 Å². The predicted molar refractivity (Wildman–Crippen MR) is 140 cm³/mol. The van der Waals surface area contributed by atoms with Crippen LogP contribution in [0.1, 0.15) is 34.5 Å². The molecule has 1 unspecified atom stereocenters. The predicted octanol–water partition coefficient (Wildman–Crippen LogP) is 4.52. The van der Waals surface area contributed by atoms with Crippen LogP contribution in [0, 0.1) is 0 Å². The fraction of sp³-hybridized carbons (Fsp3) is 0.207. The highest BCUT2D eigenvalue weighted by Gasteiger charge is 2.47. The molecule has 1 N–H and O–H groups in total. The molecule has 1 aliphatic rings. The summed E-state index contributed by atoms with van der Waals surface area (Å²) in [5.74, 6) is -1.51. The summed E-state index contributed by atoms with van der Waals surface area (Å²) < 4.78 is 21.1. The third-order valence-corrected chi connectivity index (χ3v) is 6.15. The summed E-state index contributed by atoms with van der Waals surface area (Å²) >= 11 is 0. The molecule has 0 aromatic heterocycles. The molecule has 1 saturated heterocycles. The second-order valence-electron chi connectivity index (χ2n) is 8.28. The lowest BCUT2D eigenvalue weighted by Crippen LogP contribution is -2.29. The largest absolute Gasteiger partial charge is 0.507 e. The van der Waals surface area contributed by atoms with E-state index in [2.05, 4.69) is 0 Å². The number of rotatable bonds is 8. The summed E-state index contributed by atoms with van der Waals surface area (Å²) in [5.41, 5.74) is 1.07. The van der Waals surface area contributed by atoms with Crippen LogP contribution in [-0.2, 0) is 14.3 Å². The SMILES string of the molecule is CCOC(=O)c1cccc(N2C(=O)C(=O)/C(=C(\O)c3ccc(OC)cc3OC)C2c2cccc(OC)c2)c1. The van der Waals surface area contributed by atoms with Gasteiger partial charge in [-0.05, 0) is 55.0 Å². The van der Waals surface area contributed by atoms with Gasteiger partial charge in [-0.15, -0.1) is 0 Å². The summed E-state index contributed by atoms with van der Waals surface area (Å²) in [6.07, 6.45) is 0. The van der Waals surface area contributed by atoms with Crippen molar-refractivity contribution in [3.8, 4) is 17.2 Å². The van der Waals surface area contributed by atoms with Gasteiger partial charge in [-0.1, -0.05) is 18.2 Å². The lowest BCUT2D eigenvalue weighted by Gasteiger charge is -2.26. The molecular weight excluding hydrogens is 490 g/mol. The van der Waals surface area contributed by atoms with E-state index in [9.17, 15) is 19.5 Å². The van der Waals surface area contributed by atoms with E-state index in [1.54, 1.807) is 67.6 Å². The van der Waals surface area contributed by atoms with Crippen molar-refractivity contribution in [2.75, 3.05) is 32.8 Å². The van der Waals surface area contributed by atoms with Gasteiger partial charge in [0.25, 0.3) is 11.7 Å². The minimum absolute atomic E-state index is 0.145. The second-order valence-corrected chi connectivity index (χ2v) is 8.28. The van der Waals surface area contributed by atoms with E-state index in [4.69, 9.17) is 18.9 Å². The number of carbonyl (C=O) groups is 3. The zero-order valence-electron chi connectivity index (χ0n) is 21.4. The first kappa shape index (κ1) is 26.3. The minimum Gasteiger partial charge on any atom is -0.507 e. The van der Waals surface area contributed by atoms with Gasteiger partial charge in [-0.3, -0.25) is 14.5 Å². The normalized spacial score (nSPS) is 16.3. The quantitative estimate of drug-likeness (QED) is 0.201. The molecule has 1 aliphatic heterocycles. The highest BCUT2D eigenvalue weighted by Crippen LogP contribution is 2.44. The molecule has 9 nitrogen and oxygen atoms in total. The van der Waals surface area contributed by atoms with Crippen LogP contribution in [0.2, 0.25) is 0 Å². The van der Waals surface area contributed by atoms with Crippen molar-refractivity contribution >= 4 is 29.1 Å². The molecule has 1 amide bonds. The first-order valence-corrected chi connectivity index (χ1v) is 11.8. The van der Waals surface area contributed by atoms with E-state index in [0.717, 1.165) is 0 Å². The van der Waals surface area contributed by atoms with Crippen molar-refractivity contribution in [2.45, 2.75) is 13.0 Å². The molecular formula is C29H27NO8. The van der Waals surface area contributed by atoms with Crippen LogP contribution in [0.3, 0.4) is 0 Å². The number of ether oxygens (including phenoxy) is 4. The Morgan fingerprint density at radius 2 is 1.61 bits per heavy atom. The fourth-order valence-corrected chi connectivity index (χ4v) is 4.36. The van der Waals surface area contributed by atoms with Crippen molar-refractivity contribution in [1.82, 2.24) is 0 Å². The van der Waals surface area contributed by atoms with Crippen LogP contribution < -0.4 is 19.1 Å². The second kappa shape index (κ2) is 11.1. The molecule has 0 spiro atoms. The molecule has 196 valence electrons. The Kier molecular flexibility index (Phi) is 7.66. The Hall–Kier alpha value is -4.79. The van der Waals surface area contributed by atoms with Crippen LogP contribution in [0.4, 0.5) is 5.69 Å². The van der Waals surface area contributed by atoms with Crippen molar-refractivity contribution in [3.63, 3.8) is 0 Å². The number of hydrogen-bond acceptors (Lipinski definition) is 8. The first-order chi connectivity index (χ1) is 18.3. The van der Waals surface area contributed by atoms with Gasteiger partial charge in [-0.25, -0.2) is 4.79 Å². The molecule has 1 atom stereocenters. The first-order valence-electron chi connectivity index (χ1n) is 11.8. The standard InChI is InChI=1S/C29H27NO8/c1-5-38-29(34)18-9-6-10-19(14-18)30-25(17-8-7-11-20(15-17)35-2)24(27(32)28(30)33)26(31)22-13-12-21(36-3)16-23(22)37-4/h6-16,25,31H,5H2,1-4H3/b26-24-. The number of nitrogens with zero attached hydrogens (tertiary/aromatic N) is 1. The average molecular weight is 518 g/mol. The van der Waals surface area contributed by atoms with Gasteiger partial charge in [-0.2, -0.15) is 0 Å². The molecule has 1 fully saturated rings. The van der Waals surface area contributed by atoms with Gasteiger partial charge in [0.2, 0.25) is 0 Å². The smallest absolute Gasteiger partial charge is 0.338 e. The average Bonchev–Trinajstić information content (AvgIpc) is 3.22. The van der Waals surface area contributed by atoms with E-state index < -0.39 is 29.5 Å². The van der Waals surface area contributed by atoms with Crippen LogP contribution in [-0.4, -0.2) is 50.7 Å². The number of aliphatic hydroxyl groups excluding tert-OH is 1.